The number of hydrogen-bond acceptors (Lipinski definition) is 3. The standard InChI is InChI=1S/C20H13Cl3N2OS/c1-11-2-4-12(5-3-11)14-9-27-19-17(14)20(26)25(10-24-19)8-13-15(21)6-7-16(22)18(13)23/h2-7,9-10H,8H2,1H3. The Morgan fingerprint density at radius 2 is 1.74 bits per heavy atom. The Morgan fingerprint density at radius 3 is 2.48 bits per heavy atom. The molecule has 0 bridgehead atoms. The minimum absolute atomic E-state index is 0.135. The van der Waals surface area contributed by atoms with Crippen molar-refractivity contribution in [2.45, 2.75) is 13.5 Å². The molecule has 0 aliphatic carbocycles. The van der Waals surface area contributed by atoms with E-state index in [-0.39, 0.29) is 12.1 Å². The molecule has 4 aromatic rings. The lowest BCUT2D eigenvalue weighted by atomic mass is 10.1. The average molecular weight is 436 g/mol. The molecule has 0 saturated carbocycles. The van der Waals surface area contributed by atoms with Crippen LogP contribution in [-0.4, -0.2) is 9.55 Å². The molecule has 136 valence electrons. The Balaban J connectivity index is 1.86. The highest BCUT2D eigenvalue weighted by atomic mass is 35.5. The van der Waals surface area contributed by atoms with Crippen LogP contribution in [0.25, 0.3) is 21.3 Å². The molecule has 0 atom stereocenters. The number of aryl methyl sites for hydroxylation is 1. The maximum atomic E-state index is 13.2. The summed E-state index contributed by atoms with van der Waals surface area (Å²) in [6.45, 7) is 2.23. The summed E-state index contributed by atoms with van der Waals surface area (Å²) in [4.78, 5) is 18.3. The van der Waals surface area contributed by atoms with E-state index < -0.39 is 0 Å². The predicted molar refractivity (Wildman–Crippen MR) is 115 cm³/mol. The summed E-state index contributed by atoms with van der Waals surface area (Å²) in [5.74, 6) is 0. The summed E-state index contributed by atoms with van der Waals surface area (Å²) in [5, 5.41) is 3.77. The van der Waals surface area contributed by atoms with Crippen molar-refractivity contribution in [3.63, 3.8) is 0 Å². The molecule has 2 aromatic heterocycles. The van der Waals surface area contributed by atoms with Gasteiger partial charge < -0.3 is 0 Å². The summed E-state index contributed by atoms with van der Waals surface area (Å²) in [6, 6.07) is 11.4. The van der Waals surface area contributed by atoms with E-state index in [0.29, 0.717) is 30.8 Å². The summed E-state index contributed by atoms with van der Waals surface area (Å²) < 4.78 is 1.51. The van der Waals surface area contributed by atoms with Crippen molar-refractivity contribution in [2.24, 2.45) is 0 Å². The maximum absolute atomic E-state index is 13.2. The van der Waals surface area contributed by atoms with Crippen molar-refractivity contribution in [3.05, 3.63) is 84.7 Å². The second-order valence-electron chi connectivity index (χ2n) is 6.19. The fraction of sp³-hybridized carbons (Fsp3) is 0.100. The molecular weight excluding hydrogens is 423 g/mol. The number of benzene rings is 2. The SMILES string of the molecule is Cc1ccc(-c2csc3ncn(Cc4c(Cl)ccc(Cl)c4Cl)c(=O)c23)cc1. The number of hydrogen-bond donors (Lipinski definition) is 0. The van der Waals surface area contributed by atoms with Crippen molar-refractivity contribution in [1.82, 2.24) is 9.55 Å². The van der Waals surface area contributed by atoms with Crippen molar-refractivity contribution >= 4 is 56.4 Å². The minimum atomic E-state index is -0.135. The van der Waals surface area contributed by atoms with Gasteiger partial charge in [-0.2, -0.15) is 0 Å². The van der Waals surface area contributed by atoms with Crippen LogP contribution in [0.4, 0.5) is 0 Å². The first-order valence-corrected chi connectivity index (χ1v) is 10.1. The van der Waals surface area contributed by atoms with Gasteiger partial charge in [0.15, 0.2) is 0 Å². The molecule has 0 radical (unpaired) electrons. The molecule has 2 aromatic carbocycles. The number of fused-ring (bicyclic) bond motifs is 1. The van der Waals surface area contributed by atoms with Gasteiger partial charge in [-0.25, -0.2) is 4.98 Å². The molecule has 0 fully saturated rings. The first-order chi connectivity index (χ1) is 13.0. The van der Waals surface area contributed by atoms with E-state index in [1.165, 1.54) is 27.8 Å². The number of halogens is 3. The van der Waals surface area contributed by atoms with Crippen LogP contribution in [0.2, 0.25) is 15.1 Å². The van der Waals surface area contributed by atoms with Crippen LogP contribution >= 0.6 is 46.1 Å². The van der Waals surface area contributed by atoms with Crippen LogP contribution in [0.15, 0.2) is 52.9 Å². The third kappa shape index (κ3) is 3.39. The van der Waals surface area contributed by atoms with E-state index in [1.807, 2.05) is 36.6 Å². The number of thiophene rings is 1. The van der Waals surface area contributed by atoms with Gasteiger partial charge in [-0.05, 0) is 24.6 Å². The molecule has 2 heterocycles. The zero-order chi connectivity index (χ0) is 19.1. The molecule has 0 spiro atoms. The Bertz CT molecular complexity index is 1210. The van der Waals surface area contributed by atoms with Crippen molar-refractivity contribution in [2.75, 3.05) is 0 Å². The lowest BCUT2D eigenvalue weighted by Crippen LogP contribution is -2.21. The van der Waals surface area contributed by atoms with Gasteiger partial charge in [0.05, 0.1) is 28.3 Å². The van der Waals surface area contributed by atoms with E-state index in [9.17, 15) is 4.79 Å². The van der Waals surface area contributed by atoms with Gasteiger partial charge >= 0.3 is 0 Å². The van der Waals surface area contributed by atoms with Crippen LogP contribution < -0.4 is 5.56 Å². The maximum Gasteiger partial charge on any atom is 0.263 e. The van der Waals surface area contributed by atoms with Crippen molar-refractivity contribution in [1.29, 1.82) is 0 Å². The third-order valence-corrected chi connectivity index (χ3v) is 6.47. The van der Waals surface area contributed by atoms with Crippen molar-refractivity contribution < 1.29 is 0 Å². The van der Waals surface area contributed by atoms with E-state index in [0.717, 1.165) is 11.1 Å². The number of nitrogens with zero attached hydrogens (tertiary/aromatic N) is 2. The quantitative estimate of drug-likeness (QED) is 0.347. The Morgan fingerprint density at radius 1 is 1.04 bits per heavy atom. The van der Waals surface area contributed by atoms with Crippen LogP contribution in [0.5, 0.6) is 0 Å². The zero-order valence-electron chi connectivity index (χ0n) is 14.2. The van der Waals surface area contributed by atoms with Crippen molar-refractivity contribution in [3.8, 4) is 11.1 Å². The molecule has 0 saturated heterocycles. The van der Waals surface area contributed by atoms with Crippen LogP contribution in [0.3, 0.4) is 0 Å². The summed E-state index contributed by atoms with van der Waals surface area (Å²) in [5.41, 5.74) is 3.50. The molecule has 0 aliphatic heterocycles. The highest BCUT2D eigenvalue weighted by Gasteiger charge is 2.16. The van der Waals surface area contributed by atoms with Gasteiger partial charge in [-0.3, -0.25) is 9.36 Å². The van der Waals surface area contributed by atoms with E-state index in [2.05, 4.69) is 4.98 Å². The fourth-order valence-corrected chi connectivity index (χ4v) is 4.48. The van der Waals surface area contributed by atoms with Crippen LogP contribution in [-0.2, 0) is 6.54 Å². The second kappa shape index (κ2) is 7.28. The minimum Gasteiger partial charge on any atom is -0.294 e. The molecule has 3 nitrogen and oxygen atoms in total. The topological polar surface area (TPSA) is 34.9 Å². The number of rotatable bonds is 3. The Kier molecular flexibility index (Phi) is 4.99. The molecule has 0 amide bonds. The smallest absolute Gasteiger partial charge is 0.263 e. The Hall–Kier alpha value is -1.85. The zero-order valence-corrected chi connectivity index (χ0v) is 17.3. The fourth-order valence-electron chi connectivity index (χ4n) is 2.91. The summed E-state index contributed by atoms with van der Waals surface area (Å²) >= 11 is 20.1. The van der Waals surface area contributed by atoms with Crippen LogP contribution in [0, 0.1) is 6.92 Å². The van der Waals surface area contributed by atoms with Gasteiger partial charge in [-0.1, -0.05) is 64.6 Å². The second-order valence-corrected chi connectivity index (χ2v) is 8.25. The normalized spacial score (nSPS) is 11.3. The molecule has 0 unspecified atom stereocenters. The predicted octanol–water partition coefficient (Wildman–Crippen LogP) is 6.44. The monoisotopic (exact) mass is 434 g/mol. The first-order valence-electron chi connectivity index (χ1n) is 8.12. The van der Waals surface area contributed by atoms with Gasteiger partial charge in [0.25, 0.3) is 5.56 Å². The summed E-state index contributed by atoms with van der Waals surface area (Å²) in [6.07, 6.45) is 1.52. The van der Waals surface area contributed by atoms with E-state index >= 15 is 0 Å². The highest BCUT2D eigenvalue weighted by molar-refractivity contribution is 7.17. The molecule has 4 rings (SSSR count). The molecule has 7 heteroatoms. The first kappa shape index (κ1) is 18.5. The van der Waals surface area contributed by atoms with Gasteiger partial charge in [0.2, 0.25) is 0 Å². The lowest BCUT2D eigenvalue weighted by molar-refractivity contribution is 0.750. The van der Waals surface area contributed by atoms with Gasteiger partial charge in [-0.15, -0.1) is 11.3 Å². The number of aromatic nitrogens is 2. The largest absolute Gasteiger partial charge is 0.294 e. The van der Waals surface area contributed by atoms with Crippen LogP contribution in [0.1, 0.15) is 11.1 Å². The van der Waals surface area contributed by atoms with Gasteiger partial charge in [0, 0.05) is 21.5 Å². The lowest BCUT2D eigenvalue weighted by Gasteiger charge is -2.11. The van der Waals surface area contributed by atoms with E-state index in [4.69, 9.17) is 34.8 Å². The molecule has 27 heavy (non-hydrogen) atoms. The highest BCUT2D eigenvalue weighted by Crippen LogP contribution is 2.33. The molecule has 0 aliphatic rings. The summed E-state index contributed by atoms with van der Waals surface area (Å²) in [7, 11) is 0. The average Bonchev–Trinajstić information content (AvgIpc) is 3.09. The van der Waals surface area contributed by atoms with E-state index in [1.54, 1.807) is 12.1 Å². The third-order valence-electron chi connectivity index (χ3n) is 4.39. The van der Waals surface area contributed by atoms with Gasteiger partial charge in [0.1, 0.15) is 4.83 Å². The molecule has 0 N–H and O–H groups in total. The molecular formula is C20H13Cl3N2OS. The Labute approximate surface area is 174 Å².